The van der Waals surface area contributed by atoms with Crippen LogP contribution in [0.25, 0.3) is 88.5 Å². The van der Waals surface area contributed by atoms with Crippen molar-refractivity contribution < 1.29 is 4.42 Å². The minimum absolute atomic E-state index is 0.586. The number of fused-ring (bicyclic) bond motifs is 7. The van der Waals surface area contributed by atoms with E-state index in [1.807, 2.05) is 30.3 Å². The third-order valence-corrected chi connectivity index (χ3v) is 8.17. The predicted molar refractivity (Wildman–Crippen MR) is 174 cm³/mol. The van der Waals surface area contributed by atoms with Crippen LogP contribution in [0.15, 0.2) is 138 Å². The summed E-state index contributed by atoms with van der Waals surface area (Å²) < 4.78 is 6.12. The summed E-state index contributed by atoms with van der Waals surface area (Å²) in [6, 6.07) is 43.7. The predicted octanol–water partition coefficient (Wildman–Crippen LogP) is 9.63. The van der Waals surface area contributed by atoms with Crippen molar-refractivity contribution >= 4 is 54.4 Å². The van der Waals surface area contributed by atoms with E-state index in [9.17, 15) is 0 Å². The van der Waals surface area contributed by atoms with Gasteiger partial charge in [-0.05, 0) is 62.6 Å². The molecule has 0 spiro atoms. The molecular formula is C38H22N4O. The van der Waals surface area contributed by atoms with E-state index in [1.165, 1.54) is 16.2 Å². The van der Waals surface area contributed by atoms with Crippen LogP contribution in [0.5, 0.6) is 0 Å². The van der Waals surface area contributed by atoms with Gasteiger partial charge in [-0.3, -0.25) is 0 Å². The third-order valence-electron chi connectivity index (χ3n) is 8.17. The molecule has 0 unspecified atom stereocenters. The van der Waals surface area contributed by atoms with E-state index in [0.717, 1.165) is 49.2 Å². The molecule has 9 aromatic rings. The Morgan fingerprint density at radius 3 is 2.02 bits per heavy atom. The van der Waals surface area contributed by atoms with Crippen LogP contribution >= 0.6 is 0 Å². The first kappa shape index (κ1) is 23.7. The number of aromatic nitrogens is 4. The Labute approximate surface area is 246 Å². The average molecular weight is 551 g/mol. The maximum absolute atomic E-state index is 6.12. The van der Waals surface area contributed by atoms with Crippen LogP contribution in [-0.2, 0) is 0 Å². The summed E-state index contributed by atoms with van der Waals surface area (Å²) in [4.78, 5) is 19.9. The lowest BCUT2D eigenvalue weighted by Gasteiger charge is -2.13. The molecule has 0 aliphatic rings. The highest BCUT2D eigenvalue weighted by atomic mass is 16.3. The largest absolute Gasteiger partial charge is 0.438 e. The SMILES string of the molecule is c1ccc2cc(-c3nc(-c4cc5ccccc5c5ccccc45)nc(-c4cccc5oc6ncccc6c45)n3)ccc2c1. The van der Waals surface area contributed by atoms with Crippen molar-refractivity contribution in [2.24, 2.45) is 0 Å². The smallest absolute Gasteiger partial charge is 0.227 e. The van der Waals surface area contributed by atoms with Crippen molar-refractivity contribution in [3.05, 3.63) is 134 Å². The Kier molecular flexibility index (Phi) is 5.13. The second-order valence-electron chi connectivity index (χ2n) is 10.7. The van der Waals surface area contributed by atoms with Crippen molar-refractivity contribution in [2.75, 3.05) is 0 Å². The molecule has 0 bridgehead atoms. The van der Waals surface area contributed by atoms with E-state index in [2.05, 4.69) is 102 Å². The van der Waals surface area contributed by atoms with Crippen LogP contribution in [0.2, 0.25) is 0 Å². The van der Waals surface area contributed by atoms with Crippen LogP contribution in [0.1, 0.15) is 0 Å². The highest BCUT2D eigenvalue weighted by Gasteiger charge is 2.19. The summed E-state index contributed by atoms with van der Waals surface area (Å²) in [6.45, 7) is 0. The van der Waals surface area contributed by atoms with E-state index in [-0.39, 0.29) is 0 Å². The molecular weight excluding hydrogens is 528 g/mol. The minimum atomic E-state index is 0.586. The first-order valence-electron chi connectivity index (χ1n) is 14.2. The standard InChI is InChI=1S/C38H22N4O/c1-2-10-24-21-26(19-18-23(24)9-1)35-40-36(30-15-7-17-33-34(30)31-16-8-20-39-38(31)43-33)42-37(41-35)32-22-25-11-3-4-12-27(25)28-13-5-6-14-29(28)32/h1-22H. The third kappa shape index (κ3) is 3.79. The number of benzene rings is 6. The topological polar surface area (TPSA) is 64.7 Å². The number of hydrogen-bond acceptors (Lipinski definition) is 5. The molecule has 5 heteroatoms. The summed E-state index contributed by atoms with van der Waals surface area (Å²) in [5.74, 6) is 1.83. The highest BCUT2D eigenvalue weighted by Crippen LogP contribution is 2.38. The van der Waals surface area contributed by atoms with Gasteiger partial charge in [0.15, 0.2) is 17.5 Å². The van der Waals surface area contributed by atoms with Gasteiger partial charge in [0.05, 0.1) is 0 Å². The Morgan fingerprint density at radius 2 is 1.14 bits per heavy atom. The zero-order valence-corrected chi connectivity index (χ0v) is 22.9. The monoisotopic (exact) mass is 550 g/mol. The van der Waals surface area contributed by atoms with Gasteiger partial charge in [-0.25, -0.2) is 19.9 Å². The van der Waals surface area contributed by atoms with E-state index in [0.29, 0.717) is 23.2 Å². The summed E-state index contributed by atoms with van der Waals surface area (Å²) in [5, 5.41) is 8.77. The molecule has 0 radical (unpaired) electrons. The minimum Gasteiger partial charge on any atom is -0.438 e. The number of nitrogens with zero attached hydrogens (tertiary/aromatic N) is 4. The summed E-state index contributed by atoms with van der Waals surface area (Å²) >= 11 is 0. The van der Waals surface area contributed by atoms with Crippen molar-refractivity contribution in [2.45, 2.75) is 0 Å². The van der Waals surface area contributed by atoms with Gasteiger partial charge in [0, 0.05) is 33.7 Å². The second kappa shape index (κ2) is 9.29. The molecule has 0 aliphatic heterocycles. The molecule has 200 valence electrons. The first-order valence-corrected chi connectivity index (χ1v) is 14.2. The van der Waals surface area contributed by atoms with E-state index in [1.54, 1.807) is 6.20 Å². The molecule has 3 aromatic heterocycles. The van der Waals surface area contributed by atoms with E-state index in [4.69, 9.17) is 19.4 Å². The number of pyridine rings is 1. The van der Waals surface area contributed by atoms with Gasteiger partial charge in [-0.1, -0.05) is 97.1 Å². The van der Waals surface area contributed by atoms with Crippen LogP contribution in [-0.4, -0.2) is 19.9 Å². The molecule has 43 heavy (non-hydrogen) atoms. The molecule has 0 fully saturated rings. The van der Waals surface area contributed by atoms with Crippen LogP contribution < -0.4 is 0 Å². The average Bonchev–Trinajstić information content (AvgIpc) is 3.46. The maximum atomic E-state index is 6.12. The zero-order chi connectivity index (χ0) is 28.3. The van der Waals surface area contributed by atoms with Crippen molar-refractivity contribution in [1.82, 2.24) is 19.9 Å². The van der Waals surface area contributed by atoms with E-state index < -0.39 is 0 Å². The fraction of sp³-hybridized carbons (Fsp3) is 0. The lowest BCUT2D eigenvalue weighted by Crippen LogP contribution is -2.01. The zero-order valence-electron chi connectivity index (χ0n) is 22.9. The lowest BCUT2D eigenvalue weighted by atomic mass is 9.96. The highest BCUT2D eigenvalue weighted by molar-refractivity contribution is 6.14. The summed E-state index contributed by atoms with van der Waals surface area (Å²) in [5.41, 5.74) is 4.11. The molecule has 0 saturated heterocycles. The number of rotatable bonds is 3. The molecule has 0 aliphatic carbocycles. The fourth-order valence-electron chi connectivity index (χ4n) is 6.16. The molecule has 0 amide bonds. The molecule has 9 rings (SSSR count). The van der Waals surface area contributed by atoms with E-state index >= 15 is 0 Å². The molecule has 6 aromatic carbocycles. The Bertz CT molecular complexity index is 2530. The van der Waals surface area contributed by atoms with Gasteiger partial charge in [-0.2, -0.15) is 0 Å². The van der Waals surface area contributed by atoms with Gasteiger partial charge in [0.2, 0.25) is 5.71 Å². The van der Waals surface area contributed by atoms with Gasteiger partial charge < -0.3 is 4.42 Å². The van der Waals surface area contributed by atoms with Crippen molar-refractivity contribution in [3.63, 3.8) is 0 Å². The maximum Gasteiger partial charge on any atom is 0.227 e. The van der Waals surface area contributed by atoms with Crippen molar-refractivity contribution in [3.8, 4) is 34.2 Å². The van der Waals surface area contributed by atoms with Gasteiger partial charge in [0.25, 0.3) is 0 Å². The number of hydrogen-bond donors (Lipinski definition) is 0. The van der Waals surface area contributed by atoms with Crippen LogP contribution in [0, 0.1) is 0 Å². The molecule has 5 nitrogen and oxygen atoms in total. The normalized spacial score (nSPS) is 11.7. The van der Waals surface area contributed by atoms with Crippen molar-refractivity contribution in [1.29, 1.82) is 0 Å². The van der Waals surface area contributed by atoms with Gasteiger partial charge in [0.1, 0.15) is 5.58 Å². The molecule has 0 N–H and O–H groups in total. The lowest BCUT2D eigenvalue weighted by molar-refractivity contribution is 0.654. The second-order valence-corrected chi connectivity index (χ2v) is 10.7. The molecule has 0 atom stereocenters. The summed E-state index contributed by atoms with van der Waals surface area (Å²) in [7, 11) is 0. The fourth-order valence-corrected chi connectivity index (χ4v) is 6.16. The molecule has 3 heterocycles. The van der Waals surface area contributed by atoms with Crippen LogP contribution in [0.4, 0.5) is 0 Å². The number of furan rings is 1. The van der Waals surface area contributed by atoms with Gasteiger partial charge >= 0.3 is 0 Å². The Balaban J connectivity index is 1.37. The van der Waals surface area contributed by atoms with Crippen LogP contribution in [0.3, 0.4) is 0 Å². The Morgan fingerprint density at radius 1 is 0.442 bits per heavy atom. The Hall–Kier alpha value is -5.94. The summed E-state index contributed by atoms with van der Waals surface area (Å²) in [6.07, 6.45) is 1.74. The first-order chi connectivity index (χ1) is 21.3. The van der Waals surface area contributed by atoms with Gasteiger partial charge in [-0.15, -0.1) is 0 Å². The quantitative estimate of drug-likeness (QED) is 0.205. The molecule has 0 saturated carbocycles.